The van der Waals surface area contributed by atoms with Gasteiger partial charge in [0.1, 0.15) is 15.9 Å². The van der Waals surface area contributed by atoms with Crippen molar-refractivity contribution < 1.29 is 8.42 Å². The number of aliphatic imine (C=N–C) groups is 1. The molecule has 1 aromatic heterocycles. The summed E-state index contributed by atoms with van der Waals surface area (Å²) in [5, 5.41) is 13.0. The first-order valence-electron chi connectivity index (χ1n) is 11.5. The van der Waals surface area contributed by atoms with Crippen LogP contribution in [0.25, 0.3) is 22.2 Å². The van der Waals surface area contributed by atoms with E-state index in [0.29, 0.717) is 23.7 Å². The highest BCUT2D eigenvalue weighted by Crippen LogP contribution is 2.42. The lowest BCUT2D eigenvalue weighted by Crippen LogP contribution is -2.15. The van der Waals surface area contributed by atoms with Crippen molar-refractivity contribution in [2.75, 3.05) is 23.9 Å². The number of anilines is 1. The second-order valence-corrected chi connectivity index (χ2v) is 11.3. The third kappa shape index (κ3) is 4.25. The van der Waals surface area contributed by atoms with E-state index in [1.165, 1.54) is 38.4 Å². The summed E-state index contributed by atoms with van der Waals surface area (Å²) in [5.41, 5.74) is 6.87. The number of hydrogen-bond donors (Lipinski definition) is 1. The molecule has 1 saturated carbocycles. The first-order chi connectivity index (χ1) is 15.9. The zero-order valence-electron chi connectivity index (χ0n) is 18.7. The van der Waals surface area contributed by atoms with Crippen molar-refractivity contribution >= 4 is 38.5 Å². The van der Waals surface area contributed by atoms with E-state index in [4.69, 9.17) is 4.98 Å². The summed E-state index contributed by atoms with van der Waals surface area (Å²) in [6, 6.07) is 11.0. The van der Waals surface area contributed by atoms with Crippen LogP contribution in [-0.4, -0.2) is 42.7 Å². The number of rotatable bonds is 6. The van der Waals surface area contributed by atoms with Crippen LogP contribution in [0.4, 0.5) is 11.4 Å². The van der Waals surface area contributed by atoms with Gasteiger partial charge >= 0.3 is 0 Å². The highest BCUT2D eigenvalue weighted by Gasteiger charge is 2.22. The predicted octanol–water partition coefficient (Wildman–Crippen LogP) is 4.80. The average molecular weight is 462 g/mol. The SMILES string of the molecule is CS(=O)(=O)CCNc1cc(-c2ccc3c(c2)ncn3C2CCCCC2)c2c(c1C#N)CC=N2. The normalized spacial score (nSPS) is 16.1. The number of aromatic nitrogens is 2. The first kappa shape index (κ1) is 21.7. The average Bonchev–Trinajstić information content (AvgIpc) is 3.45. The van der Waals surface area contributed by atoms with Gasteiger partial charge < -0.3 is 9.88 Å². The first-order valence-corrected chi connectivity index (χ1v) is 13.5. The lowest BCUT2D eigenvalue weighted by atomic mass is 9.94. The van der Waals surface area contributed by atoms with Crippen LogP contribution in [0.1, 0.15) is 49.3 Å². The minimum atomic E-state index is -3.10. The van der Waals surface area contributed by atoms with E-state index in [1.54, 1.807) is 0 Å². The summed E-state index contributed by atoms with van der Waals surface area (Å²) < 4.78 is 25.4. The van der Waals surface area contributed by atoms with Crippen LogP contribution in [-0.2, 0) is 16.3 Å². The molecule has 0 atom stereocenters. The van der Waals surface area contributed by atoms with Gasteiger partial charge in [-0.25, -0.2) is 13.4 Å². The third-order valence-electron chi connectivity index (χ3n) is 6.67. The van der Waals surface area contributed by atoms with Crippen LogP contribution in [0.5, 0.6) is 0 Å². The van der Waals surface area contributed by atoms with E-state index in [-0.39, 0.29) is 12.3 Å². The number of nitrogens with one attached hydrogen (secondary N) is 1. The Hall–Kier alpha value is -3.18. The molecule has 0 spiro atoms. The minimum Gasteiger partial charge on any atom is -0.383 e. The minimum absolute atomic E-state index is 0.00531. The van der Waals surface area contributed by atoms with Crippen molar-refractivity contribution in [3.63, 3.8) is 0 Å². The molecule has 0 radical (unpaired) electrons. The molecule has 2 aliphatic rings. The maximum absolute atomic E-state index is 11.6. The molecule has 0 amide bonds. The number of sulfone groups is 1. The van der Waals surface area contributed by atoms with Crippen LogP contribution in [0.2, 0.25) is 0 Å². The Balaban J connectivity index is 1.54. The zero-order chi connectivity index (χ0) is 23.0. The number of benzene rings is 2. The molecular formula is C25H27N5O2S. The largest absolute Gasteiger partial charge is 0.383 e. The lowest BCUT2D eigenvalue weighted by Gasteiger charge is -2.23. The molecule has 0 saturated heterocycles. The summed E-state index contributed by atoms with van der Waals surface area (Å²) in [5.74, 6) is 0.00531. The smallest absolute Gasteiger partial charge is 0.149 e. The summed E-state index contributed by atoms with van der Waals surface area (Å²) >= 11 is 0. The molecule has 5 rings (SSSR count). The number of nitriles is 1. The molecule has 3 aromatic rings. The molecule has 8 heteroatoms. The molecule has 2 heterocycles. The van der Waals surface area contributed by atoms with E-state index in [2.05, 4.69) is 39.1 Å². The summed E-state index contributed by atoms with van der Waals surface area (Å²) in [6.45, 7) is 0.247. The standard InChI is InChI=1S/C25H27N5O2S/c1-33(31,32)12-11-27-22-14-20(25-19(9-10-28-25)21(22)15-26)17-7-8-24-23(13-17)29-16-30(24)18-5-3-2-4-6-18/h7-8,10,13-14,16,18,27H,2-6,9,11-12H2,1H3. The molecule has 170 valence electrons. The Bertz CT molecular complexity index is 1390. The Morgan fingerprint density at radius 1 is 1.21 bits per heavy atom. The maximum Gasteiger partial charge on any atom is 0.149 e. The molecule has 1 aliphatic heterocycles. The fourth-order valence-electron chi connectivity index (χ4n) is 5.01. The van der Waals surface area contributed by atoms with Crippen molar-refractivity contribution in [2.24, 2.45) is 4.99 Å². The maximum atomic E-state index is 11.6. The molecule has 7 nitrogen and oxygen atoms in total. The molecule has 1 aliphatic carbocycles. The van der Waals surface area contributed by atoms with E-state index in [0.717, 1.165) is 33.4 Å². The number of imidazole rings is 1. The highest BCUT2D eigenvalue weighted by atomic mass is 32.2. The van der Waals surface area contributed by atoms with Gasteiger partial charge in [-0.3, -0.25) is 4.99 Å². The molecule has 1 N–H and O–H groups in total. The van der Waals surface area contributed by atoms with Gasteiger partial charge in [-0.05, 0) is 36.6 Å². The molecule has 2 aromatic carbocycles. The van der Waals surface area contributed by atoms with Crippen molar-refractivity contribution in [2.45, 2.75) is 44.6 Å². The Kier molecular flexibility index (Phi) is 5.67. The van der Waals surface area contributed by atoms with E-state index in [9.17, 15) is 13.7 Å². The molecule has 33 heavy (non-hydrogen) atoms. The van der Waals surface area contributed by atoms with Crippen LogP contribution < -0.4 is 5.32 Å². The van der Waals surface area contributed by atoms with Crippen molar-refractivity contribution in [1.82, 2.24) is 9.55 Å². The second-order valence-electron chi connectivity index (χ2n) is 9.01. The molecule has 1 fully saturated rings. The van der Waals surface area contributed by atoms with E-state index >= 15 is 0 Å². The molecule has 0 unspecified atom stereocenters. The summed E-state index contributed by atoms with van der Waals surface area (Å²) in [6.07, 6.45) is 11.9. The van der Waals surface area contributed by atoms with E-state index < -0.39 is 9.84 Å². The quantitative estimate of drug-likeness (QED) is 0.569. The topological polar surface area (TPSA) is 100 Å². The van der Waals surface area contributed by atoms with E-state index in [1.807, 2.05) is 18.6 Å². The van der Waals surface area contributed by atoms with Gasteiger partial charge in [-0.15, -0.1) is 0 Å². The van der Waals surface area contributed by atoms with Gasteiger partial charge in [0.25, 0.3) is 0 Å². The zero-order valence-corrected chi connectivity index (χ0v) is 19.5. The number of nitrogens with zero attached hydrogens (tertiary/aromatic N) is 4. The summed E-state index contributed by atoms with van der Waals surface area (Å²) in [7, 11) is -3.10. The van der Waals surface area contributed by atoms with Gasteiger partial charge in [-0.2, -0.15) is 5.26 Å². The number of fused-ring (bicyclic) bond motifs is 2. The Morgan fingerprint density at radius 2 is 2.03 bits per heavy atom. The molecule has 0 bridgehead atoms. The van der Waals surface area contributed by atoms with Gasteiger partial charge in [0.15, 0.2) is 0 Å². The van der Waals surface area contributed by atoms with Gasteiger partial charge in [0.2, 0.25) is 0 Å². The lowest BCUT2D eigenvalue weighted by molar-refractivity contribution is 0.359. The Morgan fingerprint density at radius 3 is 2.79 bits per heavy atom. The summed E-state index contributed by atoms with van der Waals surface area (Å²) in [4.78, 5) is 9.27. The van der Waals surface area contributed by atoms with Crippen molar-refractivity contribution in [1.29, 1.82) is 5.26 Å². The van der Waals surface area contributed by atoms with Gasteiger partial charge in [0, 0.05) is 42.6 Å². The van der Waals surface area contributed by atoms with Gasteiger partial charge in [-0.1, -0.05) is 25.3 Å². The van der Waals surface area contributed by atoms with Gasteiger partial charge in [0.05, 0.1) is 40.1 Å². The van der Waals surface area contributed by atoms with Crippen LogP contribution >= 0.6 is 0 Å². The predicted molar refractivity (Wildman–Crippen MR) is 132 cm³/mol. The van der Waals surface area contributed by atoms with Crippen LogP contribution in [0, 0.1) is 11.3 Å². The third-order valence-corrected chi connectivity index (χ3v) is 7.62. The second kappa shape index (κ2) is 8.64. The monoisotopic (exact) mass is 461 g/mol. The van der Waals surface area contributed by atoms with Crippen molar-refractivity contribution in [3.8, 4) is 17.2 Å². The van der Waals surface area contributed by atoms with Crippen molar-refractivity contribution in [3.05, 3.63) is 41.7 Å². The Labute approximate surface area is 194 Å². The number of hydrogen-bond acceptors (Lipinski definition) is 6. The fourth-order valence-corrected chi connectivity index (χ4v) is 5.48. The highest BCUT2D eigenvalue weighted by molar-refractivity contribution is 7.90. The molecular weight excluding hydrogens is 434 g/mol. The fraction of sp³-hybridized carbons (Fsp3) is 0.400. The van der Waals surface area contributed by atoms with Crippen LogP contribution in [0.3, 0.4) is 0 Å². The van der Waals surface area contributed by atoms with Crippen LogP contribution in [0.15, 0.2) is 35.6 Å².